The molecule has 2 amide bonds. The smallest absolute Gasteiger partial charge is 0.266 e. The fourth-order valence-corrected chi connectivity index (χ4v) is 3.82. The van der Waals surface area contributed by atoms with Crippen LogP contribution in [0.3, 0.4) is 0 Å². The number of carbonyl (C=O) groups is 2. The third kappa shape index (κ3) is 6.59. The highest BCUT2D eigenvalue weighted by Gasteiger charge is 2.15. The van der Waals surface area contributed by atoms with E-state index in [1.165, 1.54) is 13.2 Å². The number of para-hydroxylation sites is 2. The summed E-state index contributed by atoms with van der Waals surface area (Å²) in [7, 11) is 1.48. The van der Waals surface area contributed by atoms with Crippen LogP contribution in [0.1, 0.15) is 11.1 Å². The first-order valence-electron chi connectivity index (χ1n) is 10.2. The first kappa shape index (κ1) is 24.8. The summed E-state index contributed by atoms with van der Waals surface area (Å²) in [6, 6.07) is 21.7. The molecule has 0 saturated heterocycles. The molecule has 0 aliphatic heterocycles. The molecule has 3 aromatic rings. The lowest BCUT2D eigenvalue weighted by Crippen LogP contribution is -2.20. The molecule has 0 heterocycles. The number of nitrogens with one attached hydrogen (secondary N) is 2. The Balaban J connectivity index is 1.75. The SMILES string of the molecule is COc1cc(/C=C(\C#N)C(=O)Nc2ccccc2C)cc(I)c1OCC(=O)Nc1ccccc1. The van der Waals surface area contributed by atoms with Gasteiger partial charge in [0.2, 0.25) is 0 Å². The van der Waals surface area contributed by atoms with Gasteiger partial charge in [-0.3, -0.25) is 9.59 Å². The summed E-state index contributed by atoms with van der Waals surface area (Å²) in [5.74, 6) is -0.0510. The van der Waals surface area contributed by atoms with E-state index in [1.54, 1.807) is 30.3 Å². The average Bonchev–Trinajstić information content (AvgIpc) is 2.83. The van der Waals surface area contributed by atoms with Gasteiger partial charge in [-0.1, -0.05) is 36.4 Å². The quantitative estimate of drug-likeness (QED) is 0.222. The van der Waals surface area contributed by atoms with Crippen molar-refractivity contribution in [2.45, 2.75) is 6.92 Å². The zero-order valence-corrected chi connectivity index (χ0v) is 20.8. The molecule has 0 aliphatic carbocycles. The van der Waals surface area contributed by atoms with Gasteiger partial charge in [-0.25, -0.2) is 0 Å². The molecule has 0 fully saturated rings. The highest BCUT2D eigenvalue weighted by Crippen LogP contribution is 2.34. The first-order valence-corrected chi connectivity index (χ1v) is 11.3. The number of aryl methyl sites for hydroxylation is 1. The molecular weight excluding hydrogens is 545 g/mol. The maximum atomic E-state index is 12.6. The largest absolute Gasteiger partial charge is 0.493 e. The van der Waals surface area contributed by atoms with Crippen LogP contribution in [-0.4, -0.2) is 25.5 Å². The standard InChI is InChI=1S/C26H22IN3O4/c1-17-8-6-7-11-22(17)30-26(32)19(15-28)12-18-13-21(27)25(23(14-18)33-2)34-16-24(31)29-20-9-4-3-5-10-20/h3-14H,16H2,1-2H3,(H,29,31)(H,30,32)/b19-12+. The Morgan fingerprint density at radius 1 is 1.06 bits per heavy atom. The minimum absolute atomic E-state index is 0.0583. The number of benzene rings is 3. The van der Waals surface area contributed by atoms with Gasteiger partial charge in [0.25, 0.3) is 11.8 Å². The topological polar surface area (TPSA) is 100 Å². The Morgan fingerprint density at radius 2 is 1.76 bits per heavy atom. The molecule has 3 aromatic carbocycles. The summed E-state index contributed by atoms with van der Waals surface area (Å²) in [4.78, 5) is 24.9. The van der Waals surface area contributed by atoms with Crippen LogP contribution in [0.25, 0.3) is 6.08 Å². The summed E-state index contributed by atoms with van der Waals surface area (Å²) >= 11 is 2.06. The second-order valence-electron chi connectivity index (χ2n) is 7.18. The molecule has 0 aromatic heterocycles. The zero-order chi connectivity index (χ0) is 24.5. The third-order valence-corrected chi connectivity index (χ3v) is 5.53. The molecule has 0 spiro atoms. The van der Waals surface area contributed by atoms with E-state index in [0.717, 1.165) is 5.56 Å². The van der Waals surface area contributed by atoms with Gasteiger partial charge >= 0.3 is 0 Å². The molecule has 2 N–H and O–H groups in total. The Hall–Kier alpha value is -3.84. The second-order valence-corrected chi connectivity index (χ2v) is 8.34. The van der Waals surface area contributed by atoms with Gasteiger partial charge in [0.15, 0.2) is 18.1 Å². The van der Waals surface area contributed by atoms with Crippen molar-refractivity contribution in [2.75, 3.05) is 24.4 Å². The molecule has 0 atom stereocenters. The van der Waals surface area contributed by atoms with E-state index < -0.39 is 5.91 Å². The van der Waals surface area contributed by atoms with Crippen LogP contribution < -0.4 is 20.1 Å². The highest BCUT2D eigenvalue weighted by molar-refractivity contribution is 14.1. The molecule has 172 valence electrons. The van der Waals surface area contributed by atoms with Crippen LogP contribution in [-0.2, 0) is 9.59 Å². The van der Waals surface area contributed by atoms with E-state index in [0.29, 0.717) is 32.0 Å². The Kier molecular flexibility index (Phi) is 8.65. The van der Waals surface area contributed by atoms with Gasteiger partial charge in [-0.15, -0.1) is 0 Å². The monoisotopic (exact) mass is 567 g/mol. The van der Waals surface area contributed by atoms with Crippen molar-refractivity contribution in [3.8, 4) is 17.6 Å². The fourth-order valence-electron chi connectivity index (χ4n) is 3.04. The van der Waals surface area contributed by atoms with Gasteiger partial charge in [0.05, 0.1) is 10.7 Å². The summed E-state index contributed by atoms with van der Waals surface area (Å²) < 4.78 is 11.8. The van der Waals surface area contributed by atoms with Gasteiger partial charge in [-0.2, -0.15) is 5.26 Å². The van der Waals surface area contributed by atoms with Crippen molar-refractivity contribution in [2.24, 2.45) is 0 Å². The number of nitriles is 1. The molecule has 0 aliphatic rings. The van der Waals surface area contributed by atoms with Gasteiger partial charge in [-0.05, 0) is 77.0 Å². The minimum atomic E-state index is -0.510. The number of ether oxygens (including phenoxy) is 2. The molecule has 34 heavy (non-hydrogen) atoms. The summed E-state index contributed by atoms with van der Waals surface area (Å²) in [5.41, 5.74) is 2.72. The number of carbonyl (C=O) groups excluding carboxylic acids is 2. The summed E-state index contributed by atoms with van der Waals surface area (Å²) in [6.45, 7) is 1.66. The first-order chi connectivity index (χ1) is 16.4. The lowest BCUT2D eigenvalue weighted by atomic mass is 10.1. The average molecular weight is 567 g/mol. The van der Waals surface area contributed by atoms with Gasteiger partial charge < -0.3 is 20.1 Å². The Labute approximate surface area is 211 Å². The normalized spacial score (nSPS) is 10.7. The molecule has 0 bridgehead atoms. The minimum Gasteiger partial charge on any atom is -0.493 e. The van der Waals surface area contributed by atoms with Crippen molar-refractivity contribution < 1.29 is 19.1 Å². The van der Waals surface area contributed by atoms with Gasteiger partial charge in [0.1, 0.15) is 11.6 Å². The molecule has 7 nitrogen and oxygen atoms in total. The Morgan fingerprint density at radius 3 is 2.44 bits per heavy atom. The fraction of sp³-hybridized carbons (Fsp3) is 0.115. The lowest BCUT2D eigenvalue weighted by molar-refractivity contribution is -0.118. The maximum absolute atomic E-state index is 12.6. The van der Waals surface area contributed by atoms with Crippen molar-refractivity contribution in [3.63, 3.8) is 0 Å². The van der Waals surface area contributed by atoms with Crippen molar-refractivity contribution >= 4 is 51.9 Å². The predicted octanol–water partition coefficient (Wildman–Crippen LogP) is 5.17. The van der Waals surface area contributed by atoms with E-state index >= 15 is 0 Å². The molecule has 0 radical (unpaired) electrons. The number of halogens is 1. The molecule has 0 saturated carbocycles. The number of rotatable bonds is 8. The maximum Gasteiger partial charge on any atom is 0.266 e. The van der Waals surface area contributed by atoms with Gasteiger partial charge in [0, 0.05) is 11.4 Å². The molecule has 3 rings (SSSR count). The van der Waals surface area contributed by atoms with E-state index in [2.05, 4.69) is 33.2 Å². The number of nitrogens with zero attached hydrogens (tertiary/aromatic N) is 1. The van der Waals surface area contributed by atoms with Crippen molar-refractivity contribution in [1.29, 1.82) is 5.26 Å². The van der Waals surface area contributed by atoms with Crippen LogP contribution in [0.4, 0.5) is 11.4 Å². The summed E-state index contributed by atoms with van der Waals surface area (Å²) in [5, 5.41) is 15.1. The van der Waals surface area contributed by atoms with E-state index in [1.807, 2.05) is 49.4 Å². The van der Waals surface area contributed by atoms with E-state index in [4.69, 9.17) is 9.47 Å². The number of hydrogen-bond donors (Lipinski definition) is 2. The van der Waals surface area contributed by atoms with E-state index in [-0.39, 0.29) is 18.1 Å². The van der Waals surface area contributed by atoms with Crippen molar-refractivity contribution in [3.05, 3.63) is 87.0 Å². The number of hydrogen-bond acceptors (Lipinski definition) is 5. The molecular formula is C26H22IN3O4. The number of amides is 2. The van der Waals surface area contributed by atoms with Crippen LogP contribution in [0, 0.1) is 21.8 Å². The second kappa shape index (κ2) is 11.9. The van der Waals surface area contributed by atoms with Crippen LogP contribution in [0.15, 0.2) is 72.3 Å². The third-order valence-electron chi connectivity index (χ3n) is 4.73. The summed E-state index contributed by atoms with van der Waals surface area (Å²) in [6.07, 6.45) is 1.48. The van der Waals surface area contributed by atoms with Crippen LogP contribution >= 0.6 is 22.6 Å². The highest BCUT2D eigenvalue weighted by atomic mass is 127. The number of methoxy groups -OCH3 is 1. The van der Waals surface area contributed by atoms with Crippen LogP contribution in [0.2, 0.25) is 0 Å². The lowest BCUT2D eigenvalue weighted by Gasteiger charge is -2.14. The predicted molar refractivity (Wildman–Crippen MR) is 140 cm³/mol. The Bertz CT molecular complexity index is 1270. The van der Waals surface area contributed by atoms with Crippen molar-refractivity contribution in [1.82, 2.24) is 0 Å². The van der Waals surface area contributed by atoms with Crippen LogP contribution in [0.5, 0.6) is 11.5 Å². The zero-order valence-electron chi connectivity index (χ0n) is 18.6. The number of anilines is 2. The molecule has 0 unspecified atom stereocenters. The van der Waals surface area contributed by atoms with E-state index in [9.17, 15) is 14.9 Å². The molecule has 8 heteroatoms.